The molecule has 0 bridgehead atoms. The molecule has 2 heteroatoms. The lowest BCUT2D eigenvalue weighted by Gasteiger charge is -1.84. The molecule has 52 valence electrons. The van der Waals surface area contributed by atoms with Crippen LogP contribution in [0.1, 0.15) is 13.3 Å². The van der Waals surface area contributed by atoms with Gasteiger partial charge in [-0.3, -0.25) is 0 Å². The van der Waals surface area contributed by atoms with E-state index in [1.54, 1.807) is 0 Å². The highest BCUT2D eigenvalue weighted by Gasteiger charge is 1.64. The maximum Gasteiger partial charge on any atom is -0.00546 e. The Hall–Kier alpha value is -0.0800. The van der Waals surface area contributed by atoms with Crippen molar-refractivity contribution in [2.45, 2.75) is 13.3 Å². The van der Waals surface area contributed by atoms with Gasteiger partial charge in [-0.05, 0) is 34.1 Å². The van der Waals surface area contributed by atoms with Crippen molar-refractivity contribution in [3.63, 3.8) is 0 Å². The summed E-state index contributed by atoms with van der Waals surface area (Å²) in [7, 11) is 5.71. The topological polar surface area (TPSA) is 24.1 Å². The zero-order valence-electron chi connectivity index (χ0n) is 6.41. The molecule has 0 saturated heterocycles. The van der Waals surface area contributed by atoms with Gasteiger partial charge in [0.05, 0.1) is 0 Å². The van der Waals surface area contributed by atoms with Crippen LogP contribution in [0, 0.1) is 0 Å². The molecular weight excluding hydrogens is 100 g/mol. The Morgan fingerprint density at radius 2 is 1.50 bits per heavy atom. The van der Waals surface area contributed by atoms with E-state index in [2.05, 4.69) is 17.6 Å². The van der Waals surface area contributed by atoms with Crippen molar-refractivity contribution in [2.75, 3.05) is 27.7 Å². The minimum Gasteiger partial charge on any atom is -0.323 e. The predicted molar refractivity (Wildman–Crippen MR) is 39.2 cm³/mol. The highest BCUT2D eigenvalue weighted by atomic mass is 14.8. The van der Waals surface area contributed by atoms with Crippen LogP contribution in [0.15, 0.2) is 0 Å². The van der Waals surface area contributed by atoms with Gasteiger partial charge >= 0.3 is 0 Å². The highest BCUT2D eigenvalue weighted by Crippen LogP contribution is 1.62. The predicted octanol–water partition coefficient (Wildman–Crippen LogP) is 0.451. The van der Waals surface area contributed by atoms with E-state index >= 15 is 0 Å². The second-order valence-corrected chi connectivity index (χ2v) is 1.60. The summed E-state index contributed by atoms with van der Waals surface area (Å²) in [6.07, 6.45) is 1.23. The second-order valence-electron chi connectivity index (χ2n) is 1.60. The normalized spacial score (nSPS) is 7.50. The molecule has 0 rings (SSSR count). The third-order valence-corrected chi connectivity index (χ3v) is 0.500. The molecular formula is C6H18N2. The largest absolute Gasteiger partial charge is 0.323 e. The van der Waals surface area contributed by atoms with Crippen molar-refractivity contribution in [2.24, 2.45) is 0 Å². The van der Waals surface area contributed by atoms with Crippen LogP contribution in [0.3, 0.4) is 0 Å². The first kappa shape index (κ1) is 10.8. The first-order chi connectivity index (χ1) is 3.83. The number of rotatable bonds is 2. The van der Waals surface area contributed by atoms with Gasteiger partial charge in [-0.25, -0.2) is 0 Å². The summed E-state index contributed by atoms with van der Waals surface area (Å²) in [5.41, 5.74) is 0. The second kappa shape index (κ2) is 15.8. The molecule has 0 fully saturated rings. The molecule has 2 nitrogen and oxygen atoms in total. The lowest BCUT2D eigenvalue weighted by Crippen LogP contribution is -2.04. The van der Waals surface area contributed by atoms with Gasteiger partial charge in [-0.1, -0.05) is 6.92 Å². The molecule has 0 aliphatic heterocycles. The Morgan fingerprint density at radius 3 is 1.50 bits per heavy atom. The SMILES string of the molecule is CCCNC.CNC. The van der Waals surface area contributed by atoms with Gasteiger partial charge in [0.15, 0.2) is 0 Å². The zero-order valence-corrected chi connectivity index (χ0v) is 6.41. The van der Waals surface area contributed by atoms with Gasteiger partial charge in [0.1, 0.15) is 0 Å². The summed E-state index contributed by atoms with van der Waals surface area (Å²) in [5.74, 6) is 0. The van der Waals surface area contributed by atoms with Gasteiger partial charge in [0, 0.05) is 0 Å². The molecule has 0 radical (unpaired) electrons. The van der Waals surface area contributed by atoms with Crippen LogP contribution in [-0.2, 0) is 0 Å². The van der Waals surface area contributed by atoms with E-state index in [1.807, 2.05) is 21.1 Å². The van der Waals surface area contributed by atoms with Crippen LogP contribution in [0.4, 0.5) is 0 Å². The molecule has 0 unspecified atom stereocenters. The van der Waals surface area contributed by atoms with Crippen LogP contribution in [0.2, 0.25) is 0 Å². The van der Waals surface area contributed by atoms with Crippen molar-refractivity contribution in [3.8, 4) is 0 Å². The maximum absolute atomic E-state index is 3.02. The standard InChI is InChI=1S/C4H11N.C2H7N/c1-3-4-5-2;1-3-2/h5H,3-4H2,1-2H3;3H,1-2H3. The van der Waals surface area contributed by atoms with E-state index in [-0.39, 0.29) is 0 Å². The lowest BCUT2D eigenvalue weighted by molar-refractivity contribution is 0.772. The Balaban J connectivity index is 0. The summed E-state index contributed by atoms with van der Waals surface area (Å²) >= 11 is 0. The number of nitrogens with one attached hydrogen (secondary N) is 2. The fourth-order valence-corrected chi connectivity index (χ4v) is 0.250. The van der Waals surface area contributed by atoms with E-state index < -0.39 is 0 Å². The first-order valence-electron chi connectivity index (χ1n) is 3.06. The molecule has 8 heavy (non-hydrogen) atoms. The van der Waals surface area contributed by atoms with Crippen LogP contribution < -0.4 is 10.6 Å². The van der Waals surface area contributed by atoms with Crippen LogP contribution in [0.25, 0.3) is 0 Å². The minimum absolute atomic E-state index is 1.14. The maximum atomic E-state index is 3.02. The highest BCUT2D eigenvalue weighted by molar-refractivity contribution is 4.28. The van der Waals surface area contributed by atoms with E-state index in [4.69, 9.17) is 0 Å². The summed E-state index contributed by atoms with van der Waals surface area (Å²) in [6.45, 7) is 3.29. The van der Waals surface area contributed by atoms with E-state index in [9.17, 15) is 0 Å². The van der Waals surface area contributed by atoms with Gasteiger partial charge < -0.3 is 10.6 Å². The summed E-state index contributed by atoms with van der Waals surface area (Å²) < 4.78 is 0. The molecule has 0 spiro atoms. The fourth-order valence-electron chi connectivity index (χ4n) is 0.250. The lowest BCUT2D eigenvalue weighted by atomic mass is 10.5. The summed E-state index contributed by atoms with van der Waals surface area (Å²) in [6, 6.07) is 0. The Kier molecular flexibility index (Phi) is 21.3. The van der Waals surface area contributed by atoms with Crippen LogP contribution in [-0.4, -0.2) is 27.7 Å². The van der Waals surface area contributed by atoms with E-state index in [0.29, 0.717) is 0 Å². The van der Waals surface area contributed by atoms with Gasteiger partial charge in [0.2, 0.25) is 0 Å². The third-order valence-electron chi connectivity index (χ3n) is 0.500. The van der Waals surface area contributed by atoms with Gasteiger partial charge in [0.25, 0.3) is 0 Å². The molecule has 0 aromatic rings. The molecule has 0 aliphatic carbocycles. The third kappa shape index (κ3) is 38.9. The fraction of sp³-hybridized carbons (Fsp3) is 1.00. The number of hydrogen-bond donors (Lipinski definition) is 2. The molecule has 0 saturated carbocycles. The zero-order chi connectivity index (χ0) is 6.83. The van der Waals surface area contributed by atoms with Crippen LogP contribution in [0.5, 0.6) is 0 Å². The molecule has 0 aliphatic rings. The molecule has 0 aromatic heterocycles. The van der Waals surface area contributed by atoms with E-state index in [1.165, 1.54) is 6.42 Å². The van der Waals surface area contributed by atoms with Crippen molar-refractivity contribution in [3.05, 3.63) is 0 Å². The number of hydrogen-bond acceptors (Lipinski definition) is 2. The van der Waals surface area contributed by atoms with E-state index in [0.717, 1.165) is 6.54 Å². The van der Waals surface area contributed by atoms with Gasteiger partial charge in [-0.2, -0.15) is 0 Å². The Bertz CT molecular complexity index is 20.5. The summed E-state index contributed by atoms with van der Waals surface area (Å²) in [4.78, 5) is 0. The summed E-state index contributed by atoms with van der Waals surface area (Å²) in [5, 5.41) is 5.77. The molecule has 0 atom stereocenters. The molecule has 0 amide bonds. The average molecular weight is 118 g/mol. The van der Waals surface area contributed by atoms with Crippen molar-refractivity contribution >= 4 is 0 Å². The first-order valence-corrected chi connectivity index (χ1v) is 3.06. The smallest absolute Gasteiger partial charge is 0.00546 e. The molecule has 0 aromatic carbocycles. The van der Waals surface area contributed by atoms with Crippen LogP contribution >= 0.6 is 0 Å². The average Bonchev–Trinajstić information content (AvgIpc) is 1.71. The van der Waals surface area contributed by atoms with Crippen molar-refractivity contribution < 1.29 is 0 Å². The minimum atomic E-state index is 1.14. The quantitative estimate of drug-likeness (QED) is 0.550. The Morgan fingerprint density at radius 1 is 1.12 bits per heavy atom. The van der Waals surface area contributed by atoms with Crippen molar-refractivity contribution in [1.82, 2.24) is 10.6 Å². The molecule has 2 N–H and O–H groups in total. The van der Waals surface area contributed by atoms with Crippen molar-refractivity contribution in [1.29, 1.82) is 0 Å². The monoisotopic (exact) mass is 118 g/mol. The molecule has 0 heterocycles. The Labute approximate surface area is 52.7 Å². The van der Waals surface area contributed by atoms with Gasteiger partial charge in [-0.15, -0.1) is 0 Å².